The van der Waals surface area contributed by atoms with Crippen molar-refractivity contribution in [3.63, 3.8) is 0 Å². The molecule has 11 heteroatoms. The molecule has 4 N–H and O–H groups in total. The Morgan fingerprint density at radius 2 is 1.79 bits per heavy atom. The molecular formula is C28H24F3N3O4S. The number of carbonyl (C=O) groups is 1. The van der Waals surface area contributed by atoms with Crippen molar-refractivity contribution in [1.29, 1.82) is 0 Å². The standard InChI is InChI=1S/C28H24F3N3O4S/c29-28(30,31)19-9-4-8-18(13-19)23-21(14-17-7-3-6-16-5-1-2-10-20(16)17)24(32)25(36)34-22(27(37)38)15-33(11-12-35)39-26(23)34/h1-10,13,22,35H,11-12,14-15,32H2,(H,37,38). The lowest BCUT2D eigenvalue weighted by molar-refractivity contribution is -0.141. The first-order valence-electron chi connectivity index (χ1n) is 12.1. The topological polar surface area (TPSA) is 109 Å². The van der Waals surface area contributed by atoms with E-state index in [0.717, 1.165) is 45.0 Å². The van der Waals surface area contributed by atoms with E-state index in [0.29, 0.717) is 5.56 Å². The molecule has 0 fully saturated rings. The SMILES string of the molecule is Nc1c(Cc2cccc3ccccc23)c(-c2cccc(C(F)(F)F)c2)c2n(c1=O)C(C(=O)O)CN(CCO)S2. The van der Waals surface area contributed by atoms with E-state index in [1.54, 1.807) is 4.31 Å². The molecule has 5 rings (SSSR count). The van der Waals surface area contributed by atoms with E-state index in [2.05, 4.69) is 0 Å². The molecular weight excluding hydrogens is 531 g/mol. The summed E-state index contributed by atoms with van der Waals surface area (Å²) in [7, 11) is 0. The molecule has 0 spiro atoms. The third-order valence-electron chi connectivity index (χ3n) is 6.77. The van der Waals surface area contributed by atoms with E-state index in [1.807, 2.05) is 42.5 Å². The van der Waals surface area contributed by atoms with Crippen molar-refractivity contribution in [2.24, 2.45) is 0 Å². The third-order valence-corrected chi connectivity index (χ3v) is 7.94. The predicted octanol–water partition coefficient (Wildman–Crippen LogP) is 4.80. The van der Waals surface area contributed by atoms with Crippen LogP contribution in [-0.4, -0.2) is 44.8 Å². The van der Waals surface area contributed by atoms with Gasteiger partial charge in [-0.1, -0.05) is 54.6 Å². The minimum Gasteiger partial charge on any atom is -0.480 e. The molecule has 7 nitrogen and oxygen atoms in total. The lowest BCUT2D eigenvalue weighted by Gasteiger charge is -2.35. The maximum Gasteiger partial charge on any atom is 0.416 e. The maximum absolute atomic E-state index is 13.7. The van der Waals surface area contributed by atoms with Gasteiger partial charge in [-0.3, -0.25) is 9.36 Å². The number of alkyl halides is 3. The van der Waals surface area contributed by atoms with Crippen molar-refractivity contribution in [3.8, 4) is 11.1 Å². The fourth-order valence-corrected chi connectivity index (χ4v) is 6.21. The number of aliphatic hydroxyl groups excluding tert-OH is 1. The van der Waals surface area contributed by atoms with Crippen LogP contribution in [0.15, 0.2) is 76.6 Å². The van der Waals surface area contributed by atoms with Crippen molar-refractivity contribution in [2.45, 2.75) is 23.7 Å². The molecule has 0 radical (unpaired) electrons. The van der Waals surface area contributed by atoms with Crippen LogP contribution in [0.1, 0.15) is 22.7 Å². The average molecular weight is 556 g/mol. The fourth-order valence-electron chi connectivity index (χ4n) is 4.95. The summed E-state index contributed by atoms with van der Waals surface area (Å²) < 4.78 is 43.8. The average Bonchev–Trinajstić information content (AvgIpc) is 2.91. The number of aliphatic hydroxyl groups is 1. The van der Waals surface area contributed by atoms with Gasteiger partial charge in [-0.2, -0.15) is 13.2 Å². The number of nitrogens with two attached hydrogens (primary N) is 1. The zero-order chi connectivity index (χ0) is 27.9. The van der Waals surface area contributed by atoms with Crippen LogP contribution in [-0.2, 0) is 17.4 Å². The first-order valence-corrected chi connectivity index (χ1v) is 12.8. The second-order valence-electron chi connectivity index (χ2n) is 9.20. The van der Waals surface area contributed by atoms with E-state index in [-0.39, 0.29) is 48.0 Å². The molecule has 202 valence electrons. The molecule has 0 saturated carbocycles. The number of anilines is 1. The minimum absolute atomic E-state index is 0.0910. The Labute approximate surface area is 225 Å². The molecule has 0 saturated heterocycles. The van der Waals surface area contributed by atoms with Crippen molar-refractivity contribution in [1.82, 2.24) is 8.87 Å². The van der Waals surface area contributed by atoms with Gasteiger partial charge in [-0.25, -0.2) is 9.10 Å². The summed E-state index contributed by atoms with van der Waals surface area (Å²) in [5.74, 6) is -1.29. The van der Waals surface area contributed by atoms with Crippen LogP contribution < -0.4 is 11.3 Å². The predicted molar refractivity (Wildman–Crippen MR) is 143 cm³/mol. The summed E-state index contributed by atoms with van der Waals surface area (Å²) in [5.41, 5.74) is 6.10. The number of aliphatic carboxylic acids is 1. The summed E-state index contributed by atoms with van der Waals surface area (Å²) in [6.45, 7) is -0.286. The zero-order valence-corrected chi connectivity index (χ0v) is 21.3. The zero-order valence-electron chi connectivity index (χ0n) is 20.5. The van der Waals surface area contributed by atoms with Crippen molar-refractivity contribution < 1.29 is 28.2 Å². The van der Waals surface area contributed by atoms with Gasteiger partial charge >= 0.3 is 12.1 Å². The van der Waals surface area contributed by atoms with E-state index < -0.39 is 29.3 Å². The minimum atomic E-state index is -4.62. The summed E-state index contributed by atoms with van der Waals surface area (Å²) in [6.07, 6.45) is -4.50. The molecule has 1 aliphatic heterocycles. The molecule has 0 aliphatic carbocycles. The van der Waals surface area contributed by atoms with Crippen LogP contribution in [0, 0.1) is 0 Å². The summed E-state index contributed by atoms with van der Waals surface area (Å²) >= 11 is 1.02. The van der Waals surface area contributed by atoms with Gasteiger partial charge < -0.3 is 15.9 Å². The van der Waals surface area contributed by atoms with E-state index >= 15 is 0 Å². The Morgan fingerprint density at radius 1 is 1.08 bits per heavy atom. The number of β-amino-alcohol motifs (C(OH)–C–C–N with tert-alkyl or cyclic N) is 1. The van der Waals surface area contributed by atoms with Crippen LogP contribution in [0.2, 0.25) is 0 Å². The Morgan fingerprint density at radius 3 is 2.51 bits per heavy atom. The summed E-state index contributed by atoms with van der Waals surface area (Å²) in [5, 5.41) is 21.5. The highest BCUT2D eigenvalue weighted by Gasteiger charge is 2.37. The van der Waals surface area contributed by atoms with Crippen molar-refractivity contribution >= 4 is 34.4 Å². The number of halogens is 3. The largest absolute Gasteiger partial charge is 0.480 e. The highest BCUT2D eigenvalue weighted by Crippen LogP contribution is 2.44. The monoisotopic (exact) mass is 555 g/mol. The molecule has 0 bridgehead atoms. The number of nitrogens with zero attached hydrogens (tertiary/aromatic N) is 2. The molecule has 1 aromatic heterocycles. The van der Waals surface area contributed by atoms with E-state index in [1.165, 1.54) is 12.1 Å². The molecule has 1 aliphatic rings. The quantitative estimate of drug-likeness (QED) is 0.293. The summed E-state index contributed by atoms with van der Waals surface area (Å²) in [4.78, 5) is 25.8. The van der Waals surface area contributed by atoms with Gasteiger partial charge in [0.15, 0.2) is 0 Å². The van der Waals surface area contributed by atoms with Crippen LogP contribution in [0.3, 0.4) is 0 Å². The number of aromatic nitrogens is 1. The Bertz CT molecular complexity index is 1630. The number of pyridine rings is 1. The number of rotatable bonds is 6. The van der Waals surface area contributed by atoms with Gasteiger partial charge in [-0.05, 0) is 51.5 Å². The lowest BCUT2D eigenvalue weighted by atomic mass is 9.92. The number of benzene rings is 3. The number of carboxylic acids is 1. The third kappa shape index (κ3) is 5.00. The van der Waals surface area contributed by atoms with E-state index in [4.69, 9.17) is 5.73 Å². The Kier molecular flexibility index (Phi) is 7.15. The van der Waals surface area contributed by atoms with Crippen molar-refractivity contribution in [3.05, 3.63) is 93.8 Å². The Hall–Kier alpha value is -3.80. The number of hydrogen-bond donors (Lipinski definition) is 3. The molecule has 0 amide bonds. The normalized spacial score (nSPS) is 15.8. The fraction of sp³-hybridized carbons (Fsp3) is 0.214. The first-order chi connectivity index (χ1) is 18.6. The van der Waals surface area contributed by atoms with Gasteiger partial charge in [-0.15, -0.1) is 0 Å². The molecule has 3 aromatic carbocycles. The highest BCUT2D eigenvalue weighted by atomic mass is 32.2. The van der Waals surface area contributed by atoms with Crippen LogP contribution in [0.4, 0.5) is 18.9 Å². The first kappa shape index (κ1) is 26.8. The van der Waals surface area contributed by atoms with Gasteiger partial charge in [0.1, 0.15) is 16.8 Å². The van der Waals surface area contributed by atoms with Gasteiger partial charge in [0.25, 0.3) is 5.56 Å². The summed E-state index contributed by atoms with van der Waals surface area (Å²) in [6, 6.07) is 16.6. The van der Waals surface area contributed by atoms with Gasteiger partial charge in [0, 0.05) is 25.1 Å². The molecule has 1 unspecified atom stereocenters. The molecule has 2 heterocycles. The van der Waals surface area contributed by atoms with Crippen LogP contribution in [0.5, 0.6) is 0 Å². The molecule has 1 atom stereocenters. The lowest BCUT2D eigenvalue weighted by Crippen LogP contribution is -2.43. The van der Waals surface area contributed by atoms with Crippen LogP contribution >= 0.6 is 11.9 Å². The second-order valence-corrected chi connectivity index (χ2v) is 10.3. The Balaban J connectivity index is 1.83. The van der Waals surface area contributed by atoms with Gasteiger partial charge in [0.05, 0.1) is 12.2 Å². The smallest absolute Gasteiger partial charge is 0.416 e. The number of nitrogen functional groups attached to an aromatic ring is 1. The molecule has 4 aromatic rings. The van der Waals surface area contributed by atoms with Gasteiger partial charge in [0.2, 0.25) is 0 Å². The van der Waals surface area contributed by atoms with E-state index in [9.17, 15) is 33.0 Å². The van der Waals surface area contributed by atoms with Crippen molar-refractivity contribution in [2.75, 3.05) is 25.4 Å². The maximum atomic E-state index is 13.7. The highest BCUT2D eigenvalue weighted by molar-refractivity contribution is 7.97. The number of hydrogen-bond acceptors (Lipinski definition) is 6. The second kappa shape index (κ2) is 10.4. The number of carboxylic acid groups (broad SMARTS) is 1. The van der Waals surface area contributed by atoms with Crippen LogP contribution in [0.25, 0.3) is 21.9 Å². The number of fused-ring (bicyclic) bond motifs is 2. The molecule has 39 heavy (non-hydrogen) atoms.